The quantitative estimate of drug-likeness (QED) is 0.595. The van der Waals surface area contributed by atoms with Gasteiger partial charge in [-0.05, 0) is 37.0 Å². The van der Waals surface area contributed by atoms with Gasteiger partial charge in [0, 0.05) is 11.5 Å². The molecule has 3 aliphatic rings. The topological polar surface area (TPSA) is 38.7 Å². The van der Waals surface area contributed by atoms with Crippen LogP contribution in [0.2, 0.25) is 0 Å². The monoisotopic (exact) mass is 317 g/mol. The zero-order valence-electron chi connectivity index (χ0n) is 14.2. The molecule has 0 unspecified atom stereocenters. The van der Waals surface area contributed by atoms with Gasteiger partial charge in [-0.1, -0.05) is 62.1 Å². The fraction of sp³-hybridized carbons (Fsp3) is 0.381. The second kappa shape index (κ2) is 6.68. The second-order valence-electron chi connectivity index (χ2n) is 6.81. The third kappa shape index (κ3) is 3.45. The van der Waals surface area contributed by atoms with Crippen LogP contribution in [-0.2, 0) is 0 Å². The number of aryl methyl sites for hydroxylation is 1. The highest BCUT2D eigenvalue weighted by atomic mass is 15.0. The van der Waals surface area contributed by atoms with Crippen molar-refractivity contribution in [1.29, 1.82) is 0 Å². The van der Waals surface area contributed by atoms with Crippen molar-refractivity contribution in [2.75, 3.05) is 0 Å². The van der Waals surface area contributed by atoms with Crippen molar-refractivity contribution in [3.8, 4) is 22.5 Å². The summed E-state index contributed by atoms with van der Waals surface area (Å²) in [5.41, 5.74) is 3.65. The fourth-order valence-corrected chi connectivity index (χ4v) is 3.47. The molecule has 3 aliphatic carbocycles. The van der Waals surface area contributed by atoms with Gasteiger partial charge in [-0.3, -0.25) is 0 Å². The van der Waals surface area contributed by atoms with Gasteiger partial charge in [-0.25, -0.2) is 15.0 Å². The molecule has 0 bridgehead atoms. The van der Waals surface area contributed by atoms with Crippen LogP contribution < -0.4 is 0 Å². The molecule has 0 aliphatic heterocycles. The zero-order chi connectivity index (χ0) is 16.4. The summed E-state index contributed by atoms with van der Waals surface area (Å²) in [5.74, 6) is 3.10. The van der Waals surface area contributed by atoms with Gasteiger partial charge < -0.3 is 0 Å². The van der Waals surface area contributed by atoms with Crippen LogP contribution in [0.25, 0.3) is 22.5 Å². The summed E-state index contributed by atoms with van der Waals surface area (Å²) in [6, 6.07) is 14.8. The van der Waals surface area contributed by atoms with Gasteiger partial charge in [0.15, 0.2) is 5.82 Å². The Morgan fingerprint density at radius 1 is 0.750 bits per heavy atom. The van der Waals surface area contributed by atoms with E-state index in [2.05, 4.69) is 52.4 Å². The van der Waals surface area contributed by atoms with E-state index in [4.69, 9.17) is 4.98 Å². The summed E-state index contributed by atoms with van der Waals surface area (Å²) >= 11 is 0. The van der Waals surface area contributed by atoms with Gasteiger partial charge in [-0.2, -0.15) is 0 Å². The van der Waals surface area contributed by atoms with E-state index >= 15 is 0 Å². The molecule has 1 fully saturated rings. The van der Waals surface area contributed by atoms with Crippen molar-refractivity contribution >= 4 is 0 Å². The first kappa shape index (κ1) is 15.3. The molecule has 1 saturated carbocycles. The van der Waals surface area contributed by atoms with Crippen LogP contribution in [0.4, 0.5) is 0 Å². The first-order valence-corrected chi connectivity index (χ1v) is 9.01. The summed E-state index contributed by atoms with van der Waals surface area (Å²) in [5, 5.41) is 0. The van der Waals surface area contributed by atoms with E-state index in [-0.39, 0.29) is 0 Å². The Bertz CT molecular complexity index is 804. The summed E-state index contributed by atoms with van der Waals surface area (Å²) < 4.78 is 0. The predicted octanol–water partition coefficient (Wildman–Crippen LogP) is 5.39. The van der Waals surface area contributed by atoms with Crippen molar-refractivity contribution < 1.29 is 0 Å². The van der Waals surface area contributed by atoms with Gasteiger partial charge in [-0.15, -0.1) is 0 Å². The largest absolute Gasteiger partial charge is 0.218 e. The minimum Gasteiger partial charge on any atom is -0.218 e. The average molecular weight is 317 g/mol. The molecule has 0 saturated heterocycles. The smallest absolute Gasteiger partial charge is 0.163 e. The van der Waals surface area contributed by atoms with E-state index in [0.29, 0.717) is 5.92 Å². The summed E-state index contributed by atoms with van der Waals surface area (Å²) in [6.07, 6.45) is 7.68. The molecule has 0 spiro atoms. The average Bonchev–Trinajstić information content (AvgIpc) is 3.36. The molecule has 4 rings (SSSR count). The van der Waals surface area contributed by atoms with Gasteiger partial charge in [0.05, 0.1) is 0 Å². The van der Waals surface area contributed by atoms with E-state index in [9.17, 15) is 0 Å². The van der Waals surface area contributed by atoms with Crippen molar-refractivity contribution in [1.82, 2.24) is 15.0 Å². The minimum absolute atomic E-state index is 0.490. The number of fused-ring (bicyclic) bond motifs is 1. The highest BCUT2D eigenvalue weighted by Crippen LogP contribution is 2.32. The molecule has 122 valence electrons. The standard InChI is InChI=1S/C21H23N3/c1-15-22-20(16-8-4-2-3-5-9-16)24-21(23-15)17-10-6-7-11-18-14-19(18)13-12-17/h6-7,10-14,16H,2-5,8-9H2,1H3. The number of aromatic nitrogens is 3. The number of nitrogens with zero attached hydrogens (tertiary/aromatic N) is 3. The molecule has 0 radical (unpaired) electrons. The molecule has 3 heteroatoms. The highest BCUT2D eigenvalue weighted by molar-refractivity contribution is 5.78. The molecule has 0 atom stereocenters. The number of rotatable bonds is 2. The minimum atomic E-state index is 0.490. The third-order valence-corrected chi connectivity index (χ3v) is 4.91. The summed E-state index contributed by atoms with van der Waals surface area (Å²) in [7, 11) is 0. The van der Waals surface area contributed by atoms with E-state index in [1.54, 1.807) is 0 Å². The zero-order valence-corrected chi connectivity index (χ0v) is 14.2. The van der Waals surface area contributed by atoms with E-state index < -0.39 is 0 Å². The predicted molar refractivity (Wildman–Crippen MR) is 97.1 cm³/mol. The lowest BCUT2D eigenvalue weighted by Crippen LogP contribution is -2.08. The molecule has 3 nitrogen and oxygen atoms in total. The fourth-order valence-electron chi connectivity index (χ4n) is 3.47. The van der Waals surface area contributed by atoms with Crippen LogP contribution in [0.1, 0.15) is 56.1 Å². The van der Waals surface area contributed by atoms with Crippen LogP contribution in [0.3, 0.4) is 0 Å². The van der Waals surface area contributed by atoms with Crippen molar-refractivity contribution in [2.24, 2.45) is 0 Å². The maximum atomic E-state index is 4.85. The van der Waals surface area contributed by atoms with Crippen LogP contribution in [0, 0.1) is 6.92 Å². The van der Waals surface area contributed by atoms with Crippen molar-refractivity contribution in [2.45, 2.75) is 51.4 Å². The normalized spacial score (nSPS) is 16.2. The SMILES string of the molecule is Cc1nc(-c2ccccc3cc-3cc2)nc(C2CCCCCC2)n1. The molecule has 1 heterocycles. The Hall–Kier alpha value is -2.29. The Kier molecular flexibility index (Phi) is 4.24. The van der Waals surface area contributed by atoms with Gasteiger partial charge in [0.2, 0.25) is 0 Å². The van der Waals surface area contributed by atoms with Crippen LogP contribution >= 0.6 is 0 Å². The maximum Gasteiger partial charge on any atom is 0.163 e. The van der Waals surface area contributed by atoms with E-state index in [1.165, 1.54) is 49.7 Å². The van der Waals surface area contributed by atoms with Gasteiger partial charge >= 0.3 is 0 Å². The molecule has 0 N–H and O–H groups in total. The highest BCUT2D eigenvalue weighted by Gasteiger charge is 2.19. The molecule has 0 aromatic carbocycles. The number of hydrogen-bond acceptors (Lipinski definition) is 3. The first-order valence-electron chi connectivity index (χ1n) is 9.01. The molecule has 1 aromatic heterocycles. The summed E-state index contributed by atoms with van der Waals surface area (Å²) in [6.45, 7) is 1.98. The Labute approximate surface area is 143 Å². The summed E-state index contributed by atoms with van der Waals surface area (Å²) in [4.78, 5) is 14.1. The molecule has 0 amide bonds. The molecule has 1 aromatic rings. The number of hydrogen-bond donors (Lipinski definition) is 0. The van der Waals surface area contributed by atoms with Crippen LogP contribution in [-0.4, -0.2) is 15.0 Å². The molecular formula is C21H23N3. The molecular weight excluding hydrogens is 294 g/mol. The lowest BCUT2D eigenvalue weighted by molar-refractivity contribution is 0.556. The Balaban J connectivity index is 1.72. The van der Waals surface area contributed by atoms with Crippen molar-refractivity contribution in [3.63, 3.8) is 0 Å². The Morgan fingerprint density at radius 2 is 1.42 bits per heavy atom. The third-order valence-electron chi connectivity index (χ3n) is 4.91. The molecule has 24 heavy (non-hydrogen) atoms. The lowest BCUT2D eigenvalue weighted by Gasteiger charge is -2.13. The first-order chi connectivity index (χ1) is 11.8. The van der Waals surface area contributed by atoms with Crippen molar-refractivity contribution in [3.05, 3.63) is 54.1 Å². The van der Waals surface area contributed by atoms with E-state index in [1.807, 2.05) is 6.92 Å². The van der Waals surface area contributed by atoms with Crippen LogP contribution in [0.5, 0.6) is 0 Å². The van der Waals surface area contributed by atoms with Crippen LogP contribution in [0.15, 0.2) is 42.5 Å². The van der Waals surface area contributed by atoms with Gasteiger partial charge in [0.25, 0.3) is 0 Å². The maximum absolute atomic E-state index is 4.85. The lowest BCUT2D eigenvalue weighted by atomic mass is 9.99. The Morgan fingerprint density at radius 3 is 2.21 bits per heavy atom. The van der Waals surface area contributed by atoms with E-state index in [0.717, 1.165) is 23.0 Å². The second-order valence-corrected chi connectivity index (χ2v) is 6.81. The van der Waals surface area contributed by atoms with Gasteiger partial charge in [0.1, 0.15) is 11.6 Å².